The number of methoxy groups -OCH3 is 2. The zero-order valence-electron chi connectivity index (χ0n) is 16.6. The number of fused-ring (bicyclic) bond motifs is 2. The number of nitrogens with one attached hydrogen (secondary N) is 1. The van der Waals surface area contributed by atoms with Crippen LogP contribution in [-0.2, 0) is 6.54 Å². The van der Waals surface area contributed by atoms with E-state index in [9.17, 15) is 4.79 Å². The van der Waals surface area contributed by atoms with Crippen LogP contribution >= 0.6 is 0 Å². The number of benzene rings is 1. The highest BCUT2D eigenvalue weighted by molar-refractivity contribution is 5.81. The second kappa shape index (κ2) is 7.38. The maximum Gasteiger partial charge on any atom is 0.258 e. The molecule has 0 spiro atoms. The lowest BCUT2D eigenvalue weighted by atomic mass is 10.2. The quantitative estimate of drug-likeness (QED) is 0.525. The summed E-state index contributed by atoms with van der Waals surface area (Å²) in [6, 6.07) is 5.26. The lowest BCUT2D eigenvalue weighted by molar-refractivity contribution is 0.355. The summed E-state index contributed by atoms with van der Waals surface area (Å²) in [5.74, 6) is 2.87. The number of H-pyrrole nitrogens is 1. The maximum absolute atomic E-state index is 12.7. The van der Waals surface area contributed by atoms with Crippen LogP contribution in [0.3, 0.4) is 0 Å². The number of ether oxygens (including phenoxy) is 2. The van der Waals surface area contributed by atoms with Gasteiger partial charge < -0.3 is 19.4 Å². The van der Waals surface area contributed by atoms with E-state index in [2.05, 4.69) is 25.0 Å². The van der Waals surface area contributed by atoms with Crippen molar-refractivity contribution in [1.82, 2.24) is 29.5 Å². The van der Waals surface area contributed by atoms with Crippen molar-refractivity contribution in [1.29, 1.82) is 0 Å². The molecule has 4 rings (SSSR count). The summed E-state index contributed by atoms with van der Waals surface area (Å²) in [6.45, 7) is 4.98. The van der Waals surface area contributed by atoms with E-state index < -0.39 is 0 Å². The molecule has 4 aromatic rings. The summed E-state index contributed by atoms with van der Waals surface area (Å²) in [5, 5.41) is 4.70. The Morgan fingerprint density at radius 1 is 1.14 bits per heavy atom. The highest BCUT2D eigenvalue weighted by Gasteiger charge is 2.16. The van der Waals surface area contributed by atoms with Crippen LogP contribution in [0.15, 0.2) is 29.3 Å². The highest BCUT2D eigenvalue weighted by Crippen LogP contribution is 2.30. The van der Waals surface area contributed by atoms with Crippen molar-refractivity contribution < 1.29 is 9.47 Å². The molecule has 1 aromatic carbocycles. The molecule has 0 unspecified atom stereocenters. The van der Waals surface area contributed by atoms with Crippen LogP contribution in [0.4, 0.5) is 5.82 Å². The molecule has 0 amide bonds. The van der Waals surface area contributed by atoms with Crippen LogP contribution in [0.5, 0.6) is 11.5 Å². The van der Waals surface area contributed by atoms with Crippen molar-refractivity contribution in [3.8, 4) is 11.5 Å². The van der Waals surface area contributed by atoms with Crippen LogP contribution in [-0.4, -0.2) is 50.3 Å². The molecule has 29 heavy (non-hydrogen) atoms. The minimum Gasteiger partial charge on any atom is -0.493 e. The molecule has 0 aliphatic rings. The molecule has 3 heterocycles. The van der Waals surface area contributed by atoms with Gasteiger partial charge >= 0.3 is 0 Å². The molecular formula is C19H21N7O3. The topological polar surface area (TPSA) is 111 Å². The predicted molar refractivity (Wildman–Crippen MR) is 108 cm³/mol. The molecule has 0 atom stereocenters. The molecule has 0 saturated carbocycles. The van der Waals surface area contributed by atoms with E-state index in [0.29, 0.717) is 47.1 Å². The molecule has 150 valence electrons. The summed E-state index contributed by atoms with van der Waals surface area (Å²) >= 11 is 0. The van der Waals surface area contributed by atoms with Gasteiger partial charge in [-0.2, -0.15) is 14.6 Å². The van der Waals surface area contributed by atoms with Gasteiger partial charge in [-0.15, -0.1) is 0 Å². The Hall–Kier alpha value is -3.69. The lowest BCUT2D eigenvalue weighted by Gasteiger charge is -2.23. The van der Waals surface area contributed by atoms with E-state index in [0.717, 1.165) is 11.5 Å². The maximum atomic E-state index is 12.7. The fraction of sp³-hybridized carbons (Fsp3) is 0.316. The fourth-order valence-electron chi connectivity index (χ4n) is 3.26. The monoisotopic (exact) mass is 395 g/mol. The van der Waals surface area contributed by atoms with Crippen molar-refractivity contribution in [2.75, 3.05) is 25.7 Å². The second-order valence-corrected chi connectivity index (χ2v) is 6.48. The van der Waals surface area contributed by atoms with E-state index in [1.54, 1.807) is 23.8 Å². The van der Waals surface area contributed by atoms with Crippen molar-refractivity contribution in [3.63, 3.8) is 0 Å². The molecule has 0 aliphatic carbocycles. The van der Waals surface area contributed by atoms with Gasteiger partial charge in [0.15, 0.2) is 11.5 Å². The Morgan fingerprint density at radius 2 is 1.90 bits per heavy atom. The van der Waals surface area contributed by atoms with Crippen molar-refractivity contribution >= 4 is 22.5 Å². The summed E-state index contributed by atoms with van der Waals surface area (Å²) in [6.07, 6.45) is 1.47. The van der Waals surface area contributed by atoms with Crippen LogP contribution in [0, 0.1) is 6.92 Å². The molecule has 0 aliphatic heterocycles. The van der Waals surface area contributed by atoms with Gasteiger partial charge in [0, 0.05) is 24.4 Å². The van der Waals surface area contributed by atoms with E-state index >= 15 is 0 Å². The fourth-order valence-corrected chi connectivity index (χ4v) is 3.26. The number of aryl methyl sites for hydroxylation is 1. The van der Waals surface area contributed by atoms with Gasteiger partial charge in [-0.25, -0.2) is 9.97 Å². The van der Waals surface area contributed by atoms with Crippen molar-refractivity contribution in [3.05, 3.63) is 46.4 Å². The largest absolute Gasteiger partial charge is 0.493 e. The van der Waals surface area contributed by atoms with Gasteiger partial charge in [0.1, 0.15) is 18.0 Å². The molecule has 1 N–H and O–H groups in total. The first-order valence-electron chi connectivity index (χ1n) is 9.11. The van der Waals surface area contributed by atoms with E-state index in [1.165, 1.54) is 13.4 Å². The molecule has 0 bridgehead atoms. The third kappa shape index (κ3) is 3.33. The first-order chi connectivity index (χ1) is 14.0. The molecule has 3 aromatic heterocycles. The Morgan fingerprint density at radius 3 is 2.62 bits per heavy atom. The van der Waals surface area contributed by atoms with E-state index in [-0.39, 0.29) is 5.56 Å². The van der Waals surface area contributed by atoms with Crippen molar-refractivity contribution in [2.24, 2.45) is 0 Å². The zero-order chi connectivity index (χ0) is 20.5. The number of aromatic nitrogens is 6. The average Bonchev–Trinajstić information content (AvgIpc) is 3.19. The molecule has 10 heteroatoms. The second-order valence-electron chi connectivity index (χ2n) is 6.48. The smallest absolute Gasteiger partial charge is 0.258 e. The number of nitrogens with zero attached hydrogens (tertiary/aromatic N) is 6. The van der Waals surface area contributed by atoms with Crippen molar-refractivity contribution in [2.45, 2.75) is 20.4 Å². The molecule has 0 saturated heterocycles. The van der Waals surface area contributed by atoms with Gasteiger partial charge in [-0.05, 0) is 19.9 Å². The average molecular weight is 395 g/mol. The van der Waals surface area contributed by atoms with Gasteiger partial charge in [-0.3, -0.25) is 4.79 Å². The first-order valence-corrected chi connectivity index (χ1v) is 9.11. The predicted octanol–water partition coefficient (Wildman–Crippen LogP) is 1.71. The zero-order valence-corrected chi connectivity index (χ0v) is 16.6. The molecule has 0 radical (unpaired) electrons. The Balaban J connectivity index is 1.77. The standard InChI is InChI=1S/C19H21N7O3/c1-5-25(17-6-11(2)22-19-20-10-21-26(17)19)9-16-23-13-8-15(29-4)14(28-3)7-12(13)18(27)24-16/h6-8,10H,5,9H2,1-4H3,(H,23,24,27). The Labute approximate surface area is 166 Å². The Bertz CT molecular complexity index is 1250. The molecular weight excluding hydrogens is 374 g/mol. The SMILES string of the molecule is CCN(Cc1nc2cc(OC)c(OC)cc2c(=O)[nH]1)c1cc(C)nc2ncnn12. The van der Waals surface area contributed by atoms with Gasteiger partial charge in [0.25, 0.3) is 11.3 Å². The number of aromatic amines is 1. The van der Waals surface area contributed by atoms with Gasteiger partial charge in [0.2, 0.25) is 0 Å². The summed E-state index contributed by atoms with van der Waals surface area (Å²) in [4.78, 5) is 30.7. The number of hydrogen-bond donors (Lipinski definition) is 1. The number of hydrogen-bond acceptors (Lipinski definition) is 8. The van der Waals surface area contributed by atoms with Crippen LogP contribution in [0.25, 0.3) is 16.7 Å². The third-order valence-corrected chi connectivity index (χ3v) is 4.67. The van der Waals surface area contributed by atoms with E-state index in [4.69, 9.17) is 9.47 Å². The summed E-state index contributed by atoms with van der Waals surface area (Å²) in [5.41, 5.74) is 1.13. The Kier molecular flexibility index (Phi) is 4.75. The lowest BCUT2D eigenvalue weighted by Crippen LogP contribution is -2.27. The summed E-state index contributed by atoms with van der Waals surface area (Å²) in [7, 11) is 3.08. The highest BCUT2D eigenvalue weighted by atomic mass is 16.5. The number of anilines is 1. The first kappa shape index (κ1) is 18.7. The minimum absolute atomic E-state index is 0.237. The van der Waals surface area contributed by atoms with Crippen LogP contribution < -0.4 is 19.9 Å². The van der Waals surface area contributed by atoms with Crippen LogP contribution in [0.2, 0.25) is 0 Å². The number of rotatable bonds is 6. The molecule has 0 fully saturated rings. The van der Waals surface area contributed by atoms with Crippen LogP contribution in [0.1, 0.15) is 18.4 Å². The minimum atomic E-state index is -0.237. The normalized spacial score (nSPS) is 11.2. The van der Waals surface area contributed by atoms with Gasteiger partial charge in [0.05, 0.1) is 31.7 Å². The summed E-state index contributed by atoms with van der Waals surface area (Å²) < 4.78 is 12.3. The molecule has 10 nitrogen and oxygen atoms in total. The van der Waals surface area contributed by atoms with E-state index in [1.807, 2.05) is 24.8 Å². The van der Waals surface area contributed by atoms with Gasteiger partial charge in [-0.1, -0.05) is 0 Å². The third-order valence-electron chi connectivity index (χ3n) is 4.67.